The molecule has 0 aliphatic rings. The van der Waals surface area contributed by atoms with Crippen molar-refractivity contribution >= 4 is 23.2 Å². The molecule has 0 saturated carbocycles. The number of hydrogen-bond donors (Lipinski definition) is 0. The number of aromatic nitrogens is 5. The second-order valence-electron chi connectivity index (χ2n) is 7.69. The molecule has 0 aliphatic heterocycles. The van der Waals surface area contributed by atoms with Crippen LogP contribution < -0.4 is 4.74 Å². The fraction of sp³-hybridized carbons (Fsp3) is 0.273. The Labute approximate surface area is 197 Å². The van der Waals surface area contributed by atoms with Gasteiger partial charge < -0.3 is 9.64 Å². The molecule has 0 bridgehead atoms. The lowest BCUT2D eigenvalue weighted by atomic mass is 10.1. The van der Waals surface area contributed by atoms with E-state index in [0.717, 1.165) is 17.3 Å². The molecular formula is C22H20ClF3N6O2. The number of carbonyl (C=O) groups excluding carboxylic acids is 1. The van der Waals surface area contributed by atoms with Crippen molar-refractivity contribution in [3.8, 4) is 17.0 Å². The lowest BCUT2D eigenvalue weighted by molar-refractivity contribution is -0.142. The van der Waals surface area contributed by atoms with Gasteiger partial charge in [-0.3, -0.25) is 9.48 Å². The quantitative estimate of drug-likeness (QED) is 0.413. The molecule has 178 valence electrons. The van der Waals surface area contributed by atoms with Crippen LogP contribution in [0.1, 0.15) is 27.4 Å². The van der Waals surface area contributed by atoms with E-state index in [1.165, 1.54) is 19.1 Å². The summed E-state index contributed by atoms with van der Waals surface area (Å²) in [5.41, 5.74) is 0.329. The first kappa shape index (κ1) is 23.6. The van der Waals surface area contributed by atoms with Crippen molar-refractivity contribution in [3.05, 3.63) is 64.2 Å². The molecule has 4 aromatic rings. The topological polar surface area (TPSA) is 77.5 Å². The highest BCUT2D eigenvalue weighted by atomic mass is 35.5. The fourth-order valence-electron chi connectivity index (χ4n) is 3.47. The maximum Gasteiger partial charge on any atom is 0.433 e. The minimum Gasteiger partial charge on any atom is -0.497 e. The third kappa shape index (κ3) is 4.18. The van der Waals surface area contributed by atoms with Gasteiger partial charge in [-0.1, -0.05) is 23.7 Å². The molecule has 12 heteroatoms. The Morgan fingerprint density at radius 1 is 1.26 bits per heavy atom. The molecule has 0 saturated heterocycles. The van der Waals surface area contributed by atoms with Crippen molar-refractivity contribution < 1.29 is 22.7 Å². The third-order valence-electron chi connectivity index (χ3n) is 5.48. The van der Waals surface area contributed by atoms with E-state index in [4.69, 9.17) is 16.3 Å². The zero-order valence-corrected chi connectivity index (χ0v) is 19.4. The minimum absolute atomic E-state index is 0.0128. The Kier molecular flexibility index (Phi) is 5.98. The Morgan fingerprint density at radius 2 is 2.00 bits per heavy atom. The predicted octanol–water partition coefficient (Wildman–Crippen LogP) is 4.39. The summed E-state index contributed by atoms with van der Waals surface area (Å²) in [5.74, 6) is -0.190. The monoisotopic (exact) mass is 492 g/mol. The van der Waals surface area contributed by atoms with Gasteiger partial charge in [0.1, 0.15) is 10.8 Å². The first-order valence-corrected chi connectivity index (χ1v) is 10.4. The molecule has 3 heterocycles. The van der Waals surface area contributed by atoms with Gasteiger partial charge in [0.2, 0.25) is 0 Å². The zero-order valence-electron chi connectivity index (χ0n) is 18.7. The molecule has 0 aliphatic carbocycles. The highest BCUT2D eigenvalue weighted by Crippen LogP contribution is 2.35. The van der Waals surface area contributed by atoms with E-state index in [0.29, 0.717) is 15.8 Å². The number of amides is 1. The first-order valence-electron chi connectivity index (χ1n) is 10.0. The van der Waals surface area contributed by atoms with Crippen LogP contribution in [0.4, 0.5) is 13.2 Å². The van der Waals surface area contributed by atoms with Crippen LogP contribution in [0.5, 0.6) is 5.75 Å². The van der Waals surface area contributed by atoms with Gasteiger partial charge in [0, 0.05) is 37.5 Å². The number of halogens is 4. The summed E-state index contributed by atoms with van der Waals surface area (Å²) >= 11 is 6.37. The molecule has 1 aromatic carbocycles. The minimum atomic E-state index is -4.77. The Balaban J connectivity index is 1.81. The smallest absolute Gasteiger partial charge is 0.433 e. The molecule has 4 rings (SSSR count). The van der Waals surface area contributed by atoms with Crippen molar-refractivity contribution in [1.82, 2.24) is 29.3 Å². The van der Waals surface area contributed by atoms with Crippen LogP contribution in [0, 0.1) is 6.92 Å². The van der Waals surface area contributed by atoms with Crippen molar-refractivity contribution in [2.75, 3.05) is 14.2 Å². The number of methoxy groups -OCH3 is 1. The molecule has 0 spiro atoms. The van der Waals surface area contributed by atoms with E-state index in [2.05, 4.69) is 15.2 Å². The van der Waals surface area contributed by atoms with E-state index in [1.807, 2.05) is 6.92 Å². The molecule has 0 unspecified atom stereocenters. The molecule has 34 heavy (non-hydrogen) atoms. The summed E-state index contributed by atoms with van der Waals surface area (Å²) in [6.45, 7) is 2.02. The molecule has 3 aromatic heterocycles. The third-order valence-corrected chi connectivity index (χ3v) is 5.83. The largest absolute Gasteiger partial charge is 0.497 e. The van der Waals surface area contributed by atoms with Gasteiger partial charge in [-0.15, -0.1) is 0 Å². The summed E-state index contributed by atoms with van der Waals surface area (Å²) in [4.78, 5) is 18.7. The first-order chi connectivity index (χ1) is 16.0. The van der Waals surface area contributed by atoms with E-state index in [9.17, 15) is 18.0 Å². The second-order valence-corrected chi connectivity index (χ2v) is 8.07. The van der Waals surface area contributed by atoms with Crippen molar-refractivity contribution in [3.63, 3.8) is 0 Å². The van der Waals surface area contributed by atoms with Gasteiger partial charge >= 0.3 is 6.18 Å². The SMILES string of the molecule is COc1cccc(-c2cc(C(F)(F)F)n3nc(C(=O)N(C)Cc4cnn(C)c4C)c(Cl)c3n2)c1. The van der Waals surface area contributed by atoms with Crippen LogP contribution >= 0.6 is 11.6 Å². The van der Waals surface area contributed by atoms with Crippen molar-refractivity contribution in [2.24, 2.45) is 7.05 Å². The number of rotatable bonds is 5. The van der Waals surface area contributed by atoms with Gasteiger partial charge in [0.15, 0.2) is 17.0 Å². The number of ether oxygens (including phenoxy) is 1. The lowest BCUT2D eigenvalue weighted by Crippen LogP contribution is -2.27. The van der Waals surface area contributed by atoms with E-state index >= 15 is 0 Å². The summed E-state index contributed by atoms with van der Waals surface area (Å²) in [6.07, 6.45) is -3.16. The van der Waals surface area contributed by atoms with Crippen LogP contribution in [-0.4, -0.2) is 49.3 Å². The number of hydrogen-bond acceptors (Lipinski definition) is 5. The van der Waals surface area contributed by atoms with E-state index in [1.54, 1.807) is 42.2 Å². The van der Waals surface area contributed by atoms with Crippen LogP contribution in [0.2, 0.25) is 5.02 Å². The van der Waals surface area contributed by atoms with Crippen LogP contribution in [0.25, 0.3) is 16.9 Å². The summed E-state index contributed by atoms with van der Waals surface area (Å²) in [6, 6.07) is 7.31. The van der Waals surface area contributed by atoms with Gasteiger partial charge in [-0.25, -0.2) is 9.50 Å². The zero-order chi connectivity index (χ0) is 24.8. The normalized spacial score (nSPS) is 11.8. The lowest BCUT2D eigenvalue weighted by Gasteiger charge is -2.15. The Hall–Kier alpha value is -3.60. The van der Waals surface area contributed by atoms with Crippen molar-refractivity contribution in [2.45, 2.75) is 19.6 Å². The number of benzene rings is 1. The molecule has 1 amide bonds. The van der Waals surface area contributed by atoms with Gasteiger partial charge in [0.05, 0.1) is 19.0 Å². The highest BCUT2D eigenvalue weighted by Gasteiger charge is 2.37. The summed E-state index contributed by atoms with van der Waals surface area (Å²) in [7, 11) is 4.73. The fourth-order valence-corrected chi connectivity index (χ4v) is 3.71. The van der Waals surface area contributed by atoms with Gasteiger partial charge in [-0.05, 0) is 25.1 Å². The van der Waals surface area contributed by atoms with Gasteiger partial charge in [-0.2, -0.15) is 23.4 Å². The Morgan fingerprint density at radius 3 is 2.62 bits per heavy atom. The Bertz CT molecular complexity index is 1400. The van der Waals surface area contributed by atoms with Crippen molar-refractivity contribution in [1.29, 1.82) is 0 Å². The maximum atomic E-state index is 13.9. The maximum absolute atomic E-state index is 13.9. The molecule has 0 N–H and O–H groups in total. The number of carbonyl (C=O) groups is 1. The number of fused-ring (bicyclic) bond motifs is 1. The molecule has 0 radical (unpaired) electrons. The van der Waals surface area contributed by atoms with E-state index < -0.39 is 17.8 Å². The number of nitrogens with zero attached hydrogens (tertiary/aromatic N) is 6. The van der Waals surface area contributed by atoms with Gasteiger partial charge in [0.25, 0.3) is 5.91 Å². The molecule has 8 nitrogen and oxygen atoms in total. The van der Waals surface area contributed by atoms with Crippen LogP contribution in [0.3, 0.4) is 0 Å². The highest BCUT2D eigenvalue weighted by molar-refractivity contribution is 6.36. The average Bonchev–Trinajstić information content (AvgIpc) is 3.31. The van der Waals surface area contributed by atoms with Crippen LogP contribution in [0.15, 0.2) is 36.5 Å². The van der Waals surface area contributed by atoms with E-state index in [-0.39, 0.29) is 28.6 Å². The molecular weight excluding hydrogens is 473 g/mol. The average molecular weight is 493 g/mol. The number of alkyl halides is 3. The predicted molar refractivity (Wildman–Crippen MR) is 119 cm³/mol. The summed E-state index contributed by atoms with van der Waals surface area (Å²) in [5, 5.41) is 7.77. The number of aryl methyl sites for hydroxylation is 1. The summed E-state index contributed by atoms with van der Waals surface area (Å²) < 4.78 is 49.2. The second kappa shape index (κ2) is 8.64. The molecule has 0 fully saturated rings. The van der Waals surface area contributed by atoms with Crippen LogP contribution in [-0.2, 0) is 19.8 Å². The standard InChI is InChI=1S/C22H20ClF3N6O2/c1-12-14(10-27-31(12)3)11-30(2)21(33)19-18(23)20-28-16(13-6-5-7-15(8-13)34-4)9-17(22(24,25)26)32(20)29-19/h5-10H,11H2,1-4H3. The molecule has 0 atom stereocenters.